The Kier molecular flexibility index (Phi) is 5.98. The van der Waals surface area contributed by atoms with Crippen LogP contribution in [0.4, 0.5) is 0 Å². The molecule has 1 fully saturated rings. The first-order valence-corrected chi connectivity index (χ1v) is 8.17. The molecule has 0 aliphatic carbocycles. The van der Waals surface area contributed by atoms with Crippen molar-refractivity contribution in [2.24, 2.45) is 5.92 Å². The number of Topliss-reactive ketones (excluding diaryl/α,β-unsaturated/α-hetero) is 1. The van der Waals surface area contributed by atoms with Crippen LogP contribution in [0.2, 0.25) is 0 Å². The third-order valence-electron chi connectivity index (χ3n) is 3.86. The lowest BCUT2D eigenvalue weighted by molar-refractivity contribution is 0.0916. The van der Waals surface area contributed by atoms with Crippen LogP contribution in [0.1, 0.15) is 35.3 Å². The average Bonchev–Trinajstić information content (AvgIpc) is 2.46. The minimum Gasteiger partial charge on any atom is -0.492 e. The minimum atomic E-state index is 0.160. The first-order valence-electron chi connectivity index (χ1n) is 8.17. The van der Waals surface area contributed by atoms with Crippen LogP contribution in [0.3, 0.4) is 0 Å². The van der Waals surface area contributed by atoms with E-state index in [1.807, 2.05) is 19.9 Å². The van der Waals surface area contributed by atoms with E-state index in [1.54, 1.807) is 0 Å². The lowest BCUT2D eigenvalue weighted by atomic mass is 10.0. The van der Waals surface area contributed by atoms with Crippen molar-refractivity contribution >= 4 is 5.78 Å². The van der Waals surface area contributed by atoms with E-state index in [9.17, 15) is 4.79 Å². The maximum Gasteiger partial charge on any atom is 0.180 e. The van der Waals surface area contributed by atoms with Crippen molar-refractivity contribution in [3.63, 3.8) is 0 Å². The van der Waals surface area contributed by atoms with Gasteiger partial charge in [0, 0.05) is 26.2 Å². The van der Waals surface area contributed by atoms with Gasteiger partial charge in [0.1, 0.15) is 5.75 Å². The lowest BCUT2D eigenvalue weighted by Gasteiger charge is -2.27. The maximum atomic E-state index is 12.7. The lowest BCUT2D eigenvalue weighted by Crippen LogP contribution is -2.45. The topological polar surface area (TPSA) is 41.6 Å². The van der Waals surface area contributed by atoms with Crippen molar-refractivity contribution in [3.8, 4) is 5.75 Å². The molecule has 0 radical (unpaired) electrons. The number of ketones is 1. The molecule has 2 rings (SSSR count). The number of aryl methyl sites for hydroxylation is 2. The molecule has 22 heavy (non-hydrogen) atoms. The van der Waals surface area contributed by atoms with E-state index in [1.165, 1.54) is 0 Å². The number of piperazine rings is 1. The van der Waals surface area contributed by atoms with Crippen molar-refractivity contribution in [2.75, 3.05) is 39.3 Å². The van der Waals surface area contributed by atoms with Crippen LogP contribution in [-0.2, 0) is 0 Å². The quantitative estimate of drug-likeness (QED) is 0.820. The highest BCUT2D eigenvalue weighted by atomic mass is 16.5. The Morgan fingerprint density at radius 2 is 1.95 bits per heavy atom. The Balaban J connectivity index is 2.17. The third-order valence-corrected chi connectivity index (χ3v) is 3.86. The molecule has 0 amide bonds. The number of hydrogen-bond acceptors (Lipinski definition) is 4. The fourth-order valence-electron chi connectivity index (χ4n) is 2.76. The van der Waals surface area contributed by atoms with Gasteiger partial charge in [0.15, 0.2) is 5.78 Å². The predicted octanol–water partition coefficient (Wildman–Crippen LogP) is 2.43. The Morgan fingerprint density at radius 1 is 1.27 bits per heavy atom. The van der Waals surface area contributed by atoms with Crippen molar-refractivity contribution < 1.29 is 9.53 Å². The first-order chi connectivity index (χ1) is 10.5. The van der Waals surface area contributed by atoms with E-state index in [2.05, 4.69) is 30.1 Å². The monoisotopic (exact) mass is 304 g/mol. The van der Waals surface area contributed by atoms with Gasteiger partial charge in [0.2, 0.25) is 0 Å². The molecule has 1 N–H and O–H groups in total. The highest BCUT2D eigenvalue weighted by Crippen LogP contribution is 2.26. The molecule has 0 aromatic heterocycles. The maximum absolute atomic E-state index is 12.7. The second kappa shape index (κ2) is 7.75. The van der Waals surface area contributed by atoms with Crippen molar-refractivity contribution in [1.82, 2.24) is 10.2 Å². The molecular formula is C18H28N2O2. The second-order valence-electron chi connectivity index (χ2n) is 6.61. The fraction of sp³-hybridized carbons (Fsp3) is 0.611. The Bertz CT molecular complexity index is 520. The smallest absolute Gasteiger partial charge is 0.180 e. The molecule has 1 aliphatic heterocycles. The molecule has 0 bridgehead atoms. The summed E-state index contributed by atoms with van der Waals surface area (Å²) in [4.78, 5) is 15.0. The largest absolute Gasteiger partial charge is 0.492 e. The molecule has 4 nitrogen and oxygen atoms in total. The zero-order valence-electron chi connectivity index (χ0n) is 14.2. The first kappa shape index (κ1) is 17.0. The van der Waals surface area contributed by atoms with E-state index in [-0.39, 0.29) is 5.78 Å². The molecule has 1 aromatic rings. The van der Waals surface area contributed by atoms with Crippen LogP contribution in [0.5, 0.6) is 5.75 Å². The standard InChI is InChI=1S/C18H28N2O2/c1-13(2)12-22-18-15(4)9-14(3)10-16(18)17(21)11-20-7-5-19-6-8-20/h9-10,13,19H,5-8,11-12H2,1-4H3. The van der Waals surface area contributed by atoms with Gasteiger partial charge in [-0.3, -0.25) is 9.69 Å². The van der Waals surface area contributed by atoms with Gasteiger partial charge >= 0.3 is 0 Å². The Hall–Kier alpha value is -1.39. The van der Waals surface area contributed by atoms with Crippen molar-refractivity contribution in [2.45, 2.75) is 27.7 Å². The van der Waals surface area contributed by atoms with E-state index in [4.69, 9.17) is 4.74 Å². The van der Waals surface area contributed by atoms with E-state index in [0.717, 1.165) is 48.6 Å². The van der Waals surface area contributed by atoms with Crippen LogP contribution >= 0.6 is 0 Å². The molecular weight excluding hydrogens is 276 g/mol. The number of carbonyl (C=O) groups is 1. The van der Waals surface area contributed by atoms with Crippen molar-refractivity contribution in [1.29, 1.82) is 0 Å². The summed E-state index contributed by atoms with van der Waals surface area (Å²) < 4.78 is 5.94. The predicted molar refractivity (Wildman–Crippen MR) is 89.9 cm³/mol. The Morgan fingerprint density at radius 3 is 2.59 bits per heavy atom. The van der Waals surface area contributed by atoms with Gasteiger partial charge in [-0.25, -0.2) is 0 Å². The van der Waals surface area contributed by atoms with E-state index < -0.39 is 0 Å². The molecule has 0 saturated carbocycles. The zero-order chi connectivity index (χ0) is 16.1. The van der Waals surface area contributed by atoms with Crippen molar-refractivity contribution in [3.05, 3.63) is 28.8 Å². The van der Waals surface area contributed by atoms with Gasteiger partial charge in [-0.1, -0.05) is 19.9 Å². The normalized spacial score (nSPS) is 16.0. The number of nitrogens with one attached hydrogen (secondary N) is 1. The summed E-state index contributed by atoms with van der Waals surface area (Å²) >= 11 is 0. The molecule has 1 aliphatic rings. The van der Waals surface area contributed by atoms with E-state index in [0.29, 0.717) is 19.1 Å². The molecule has 0 spiro atoms. The van der Waals surface area contributed by atoms with E-state index >= 15 is 0 Å². The SMILES string of the molecule is Cc1cc(C)c(OCC(C)C)c(C(=O)CN2CCNCC2)c1. The molecule has 1 saturated heterocycles. The molecule has 4 heteroatoms. The molecule has 1 aromatic carbocycles. The third kappa shape index (κ3) is 4.55. The summed E-state index contributed by atoms with van der Waals surface area (Å²) in [5.74, 6) is 1.36. The van der Waals surface area contributed by atoms with Gasteiger partial charge in [0.05, 0.1) is 18.7 Å². The van der Waals surface area contributed by atoms with Gasteiger partial charge in [0.25, 0.3) is 0 Å². The van der Waals surface area contributed by atoms with Gasteiger partial charge < -0.3 is 10.1 Å². The summed E-state index contributed by atoms with van der Waals surface area (Å²) in [5.41, 5.74) is 2.89. The molecule has 1 heterocycles. The second-order valence-corrected chi connectivity index (χ2v) is 6.61. The number of hydrogen-bond donors (Lipinski definition) is 1. The fourth-order valence-corrected chi connectivity index (χ4v) is 2.76. The van der Waals surface area contributed by atoms with Crippen LogP contribution in [0.25, 0.3) is 0 Å². The van der Waals surface area contributed by atoms with Crippen LogP contribution in [-0.4, -0.2) is 50.0 Å². The summed E-state index contributed by atoms with van der Waals surface area (Å²) in [7, 11) is 0. The zero-order valence-corrected chi connectivity index (χ0v) is 14.2. The highest BCUT2D eigenvalue weighted by molar-refractivity contribution is 6.00. The summed E-state index contributed by atoms with van der Waals surface area (Å²) in [6, 6.07) is 4.05. The van der Waals surface area contributed by atoms with Crippen LogP contribution in [0.15, 0.2) is 12.1 Å². The molecule has 0 atom stereocenters. The Labute approximate surface area is 133 Å². The summed E-state index contributed by atoms with van der Waals surface area (Å²) in [6.45, 7) is 13.2. The van der Waals surface area contributed by atoms with Crippen LogP contribution in [0, 0.1) is 19.8 Å². The molecule has 122 valence electrons. The number of ether oxygens (including phenoxy) is 1. The highest BCUT2D eigenvalue weighted by Gasteiger charge is 2.20. The average molecular weight is 304 g/mol. The summed E-state index contributed by atoms with van der Waals surface area (Å²) in [6.07, 6.45) is 0. The summed E-state index contributed by atoms with van der Waals surface area (Å²) in [5, 5.41) is 3.31. The van der Waals surface area contributed by atoms with Crippen LogP contribution < -0.4 is 10.1 Å². The number of carbonyl (C=O) groups excluding carboxylic acids is 1. The number of nitrogens with zero attached hydrogens (tertiary/aromatic N) is 1. The number of rotatable bonds is 6. The van der Waals surface area contributed by atoms with Gasteiger partial charge in [-0.05, 0) is 37.0 Å². The molecule has 0 unspecified atom stereocenters. The van der Waals surface area contributed by atoms with Gasteiger partial charge in [-0.15, -0.1) is 0 Å². The minimum absolute atomic E-state index is 0.160. The van der Waals surface area contributed by atoms with Gasteiger partial charge in [-0.2, -0.15) is 0 Å². The number of benzene rings is 1.